The number of carbonyl (C=O) groups excluding carboxylic acids is 2. The van der Waals surface area contributed by atoms with Gasteiger partial charge in [-0.2, -0.15) is 4.39 Å². The standard InChI is InChI=1S/C21H27F2NO4/c1-21(2,3)28-20(26)24-14-6-5-7-15(24)9-12(8-14)19(25)13-10-16(22)18(23)17(11-13)27-4/h10-12,14-15H,5-9H2,1-4H3. The van der Waals surface area contributed by atoms with Gasteiger partial charge in [-0.05, 0) is 65.0 Å². The first-order valence-electron chi connectivity index (χ1n) is 9.69. The molecular formula is C21H27F2NO4. The summed E-state index contributed by atoms with van der Waals surface area (Å²) in [4.78, 5) is 27.4. The van der Waals surface area contributed by atoms with E-state index in [2.05, 4.69) is 0 Å². The summed E-state index contributed by atoms with van der Waals surface area (Å²) < 4.78 is 37.9. The molecule has 2 saturated heterocycles. The second kappa shape index (κ2) is 7.68. The number of halogens is 2. The van der Waals surface area contributed by atoms with Crippen LogP contribution in [0.5, 0.6) is 5.75 Å². The highest BCUT2D eigenvalue weighted by molar-refractivity contribution is 5.98. The number of benzene rings is 1. The normalized spacial score (nSPS) is 24.6. The maximum atomic E-state index is 13.8. The molecule has 0 radical (unpaired) electrons. The lowest BCUT2D eigenvalue weighted by atomic mass is 9.76. The minimum Gasteiger partial charge on any atom is -0.494 e. The van der Waals surface area contributed by atoms with Crippen molar-refractivity contribution in [2.24, 2.45) is 5.92 Å². The number of carbonyl (C=O) groups is 2. The summed E-state index contributed by atoms with van der Waals surface area (Å²) in [5.41, 5.74) is -0.482. The Labute approximate surface area is 164 Å². The Balaban J connectivity index is 1.79. The summed E-state index contributed by atoms with van der Waals surface area (Å²) in [7, 11) is 1.23. The Hall–Kier alpha value is -2.18. The molecule has 1 amide bonds. The molecule has 28 heavy (non-hydrogen) atoms. The molecule has 2 atom stereocenters. The zero-order chi connectivity index (χ0) is 20.6. The Kier molecular flexibility index (Phi) is 5.64. The van der Waals surface area contributed by atoms with Crippen LogP contribution in [0.1, 0.15) is 63.2 Å². The largest absolute Gasteiger partial charge is 0.494 e. The van der Waals surface area contributed by atoms with Crippen molar-refractivity contribution in [1.29, 1.82) is 0 Å². The number of ether oxygens (including phenoxy) is 2. The number of rotatable bonds is 3. The van der Waals surface area contributed by atoms with E-state index in [4.69, 9.17) is 9.47 Å². The Bertz CT molecular complexity index is 760. The number of methoxy groups -OCH3 is 1. The van der Waals surface area contributed by atoms with Gasteiger partial charge in [-0.25, -0.2) is 9.18 Å². The van der Waals surface area contributed by atoms with Crippen LogP contribution >= 0.6 is 0 Å². The fraction of sp³-hybridized carbons (Fsp3) is 0.619. The first kappa shape index (κ1) is 20.6. The van der Waals surface area contributed by atoms with Gasteiger partial charge in [0.05, 0.1) is 7.11 Å². The van der Waals surface area contributed by atoms with E-state index in [0.717, 1.165) is 25.3 Å². The van der Waals surface area contributed by atoms with Gasteiger partial charge >= 0.3 is 6.09 Å². The average molecular weight is 395 g/mol. The van der Waals surface area contributed by atoms with E-state index in [0.29, 0.717) is 12.8 Å². The predicted octanol–water partition coefficient (Wildman–Crippen LogP) is 4.72. The minimum atomic E-state index is -1.10. The third-order valence-corrected chi connectivity index (χ3v) is 5.45. The molecule has 0 N–H and O–H groups in total. The van der Waals surface area contributed by atoms with Crippen molar-refractivity contribution in [3.05, 3.63) is 29.3 Å². The maximum Gasteiger partial charge on any atom is 0.410 e. The van der Waals surface area contributed by atoms with E-state index >= 15 is 0 Å². The van der Waals surface area contributed by atoms with E-state index in [-0.39, 0.29) is 41.2 Å². The molecule has 2 bridgehead atoms. The topological polar surface area (TPSA) is 55.8 Å². The van der Waals surface area contributed by atoms with Crippen molar-refractivity contribution in [1.82, 2.24) is 4.90 Å². The van der Waals surface area contributed by atoms with Crippen molar-refractivity contribution in [2.75, 3.05) is 7.11 Å². The second-order valence-electron chi connectivity index (χ2n) is 8.63. The molecule has 2 aliphatic heterocycles. The van der Waals surface area contributed by atoms with Gasteiger partial charge in [0.1, 0.15) is 5.60 Å². The van der Waals surface area contributed by atoms with Gasteiger partial charge in [-0.3, -0.25) is 4.79 Å². The molecule has 7 heteroatoms. The molecule has 0 aliphatic carbocycles. The zero-order valence-corrected chi connectivity index (χ0v) is 16.8. The smallest absolute Gasteiger partial charge is 0.410 e. The number of fused-ring (bicyclic) bond motifs is 2. The van der Waals surface area contributed by atoms with Gasteiger partial charge in [-0.15, -0.1) is 0 Å². The van der Waals surface area contributed by atoms with Crippen molar-refractivity contribution >= 4 is 11.9 Å². The molecule has 2 heterocycles. The third kappa shape index (κ3) is 4.13. The first-order valence-corrected chi connectivity index (χ1v) is 9.69. The molecule has 1 aromatic carbocycles. The fourth-order valence-corrected chi connectivity index (χ4v) is 4.30. The van der Waals surface area contributed by atoms with E-state index < -0.39 is 17.2 Å². The lowest BCUT2D eigenvalue weighted by Crippen LogP contribution is -2.56. The van der Waals surface area contributed by atoms with Crippen LogP contribution in [0.3, 0.4) is 0 Å². The molecule has 0 aromatic heterocycles. The molecule has 0 spiro atoms. The van der Waals surface area contributed by atoms with Gasteiger partial charge in [0.25, 0.3) is 0 Å². The van der Waals surface area contributed by atoms with E-state index in [9.17, 15) is 18.4 Å². The fourth-order valence-electron chi connectivity index (χ4n) is 4.30. The number of Topliss-reactive ketones (excluding diaryl/α,β-unsaturated/α-hetero) is 1. The highest BCUT2D eigenvalue weighted by atomic mass is 19.2. The van der Waals surface area contributed by atoms with Crippen molar-refractivity contribution in [2.45, 2.75) is 70.6 Å². The van der Waals surface area contributed by atoms with Crippen LogP contribution in [-0.2, 0) is 4.74 Å². The van der Waals surface area contributed by atoms with Crippen LogP contribution in [-0.4, -0.2) is 41.6 Å². The Morgan fingerprint density at radius 3 is 2.25 bits per heavy atom. The Morgan fingerprint density at radius 1 is 1.11 bits per heavy atom. The first-order chi connectivity index (χ1) is 13.1. The Morgan fingerprint density at radius 2 is 1.71 bits per heavy atom. The summed E-state index contributed by atoms with van der Waals surface area (Å²) in [5, 5.41) is 0. The summed E-state index contributed by atoms with van der Waals surface area (Å²) in [6.07, 6.45) is 3.25. The molecule has 2 unspecified atom stereocenters. The summed E-state index contributed by atoms with van der Waals surface area (Å²) in [6.45, 7) is 5.48. The lowest BCUT2D eigenvalue weighted by molar-refractivity contribution is -0.0260. The van der Waals surface area contributed by atoms with Gasteiger partial charge in [0.15, 0.2) is 17.3 Å². The van der Waals surface area contributed by atoms with Crippen molar-refractivity contribution < 1.29 is 27.8 Å². The molecule has 2 aliphatic rings. The van der Waals surface area contributed by atoms with E-state index in [1.165, 1.54) is 13.2 Å². The summed E-state index contributed by atoms with van der Waals surface area (Å²) in [5.74, 6) is -3.07. The molecule has 2 fully saturated rings. The number of nitrogens with zero attached hydrogens (tertiary/aromatic N) is 1. The van der Waals surface area contributed by atoms with Crippen LogP contribution in [0, 0.1) is 17.6 Å². The number of hydrogen-bond donors (Lipinski definition) is 0. The van der Waals surface area contributed by atoms with Crippen molar-refractivity contribution in [3.8, 4) is 5.75 Å². The molecule has 5 nitrogen and oxygen atoms in total. The highest BCUT2D eigenvalue weighted by Crippen LogP contribution is 2.39. The number of ketones is 1. The second-order valence-corrected chi connectivity index (χ2v) is 8.63. The highest BCUT2D eigenvalue weighted by Gasteiger charge is 2.44. The van der Waals surface area contributed by atoms with Crippen LogP contribution in [0.15, 0.2) is 12.1 Å². The van der Waals surface area contributed by atoms with Crippen LogP contribution in [0.25, 0.3) is 0 Å². The number of hydrogen-bond acceptors (Lipinski definition) is 4. The van der Waals surface area contributed by atoms with Gasteiger partial charge in [0.2, 0.25) is 5.82 Å². The molecule has 0 saturated carbocycles. The van der Waals surface area contributed by atoms with Crippen LogP contribution < -0.4 is 4.74 Å². The molecule has 154 valence electrons. The summed E-state index contributed by atoms with van der Waals surface area (Å²) in [6, 6.07) is 2.01. The number of piperidine rings is 2. The SMILES string of the molecule is COc1cc(C(=O)C2CC3CCCC(C2)N3C(=O)OC(C)(C)C)cc(F)c1F. The number of amides is 1. The van der Waals surface area contributed by atoms with Gasteiger partial charge in [0, 0.05) is 23.6 Å². The van der Waals surface area contributed by atoms with E-state index in [1.54, 1.807) is 4.90 Å². The monoisotopic (exact) mass is 395 g/mol. The molecule has 3 rings (SSSR count). The lowest BCUT2D eigenvalue weighted by Gasteiger charge is -2.48. The van der Waals surface area contributed by atoms with Crippen molar-refractivity contribution in [3.63, 3.8) is 0 Å². The minimum absolute atomic E-state index is 0.0801. The van der Waals surface area contributed by atoms with Crippen LogP contribution in [0.4, 0.5) is 13.6 Å². The summed E-state index contributed by atoms with van der Waals surface area (Å²) >= 11 is 0. The van der Waals surface area contributed by atoms with E-state index in [1.807, 2.05) is 20.8 Å². The third-order valence-electron chi connectivity index (χ3n) is 5.45. The average Bonchev–Trinajstić information content (AvgIpc) is 2.60. The molecular weight excluding hydrogens is 368 g/mol. The van der Waals surface area contributed by atoms with Gasteiger partial charge in [-0.1, -0.05) is 0 Å². The maximum absolute atomic E-state index is 13.8. The quantitative estimate of drug-likeness (QED) is 0.695. The molecule has 1 aromatic rings. The van der Waals surface area contributed by atoms with Gasteiger partial charge < -0.3 is 14.4 Å². The predicted molar refractivity (Wildman–Crippen MR) is 99.5 cm³/mol. The van der Waals surface area contributed by atoms with Crippen LogP contribution in [0.2, 0.25) is 0 Å². The zero-order valence-electron chi connectivity index (χ0n) is 16.8.